The van der Waals surface area contributed by atoms with Crippen molar-refractivity contribution in [2.75, 3.05) is 0 Å². The van der Waals surface area contributed by atoms with Gasteiger partial charge in [0, 0.05) is 21.6 Å². The number of thioether (sulfide) groups is 1. The maximum Gasteiger partial charge on any atom is 0.471 e. The number of hydrogen-bond acceptors (Lipinski definition) is 3. The van der Waals surface area contributed by atoms with Crippen molar-refractivity contribution in [2.45, 2.75) is 36.2 Å². The Morgan fingerprint density at radius 2 is 1.82 bits per heavy atom. The number of benzene rings is 2. The van der Waals surface area contributed by atoms with Crippen LogP contribution in [0.15, 0.2) is 53.6 Å². The molecule has 28 heavy (non-hydrogen) atoms. The summed E-state index contributed by atoms with van der Waals surface area (Å²) in [6.45, 7) is 3.28. The van der Waals surface area contributed by atoms with E-state index in [1.165, 1.54) is 30.8 Å². The molecule has 148 valence electrons. The highest BCUT2D eigenvalue weighted by molar-refractivity contribution is 8.00. The topological polar surface area (TPSA) is 46.9 Å². The molecule has 0 unspecified atom stereocenters. The molecule has 2 atom stereocenters. The van der Waals surface area contributed by atoms with E-state index in [1.54, 1.807) is 29.9 Å². The first-order valence-corrected chi connectivity index (χ1v) is 9.31. The predicted molar refractivity (Wildman–Crippen MR) is 100 cm³/mol. The van der Waals surface area contributed by atoms with E-state index in [-0.39, 0.29) is 11.1 Å². The number of rotatable bonds is 5. The van der Waals surface area contributed by atoms with Crippen LogP contribution in [0.5, 0.6) is 0 Å². The highest BCUT2D eigenvalue weighted by Crippen LogP contribution is 2.29. The van der Waals surface area contributed by atoms with Crippen LogP contribution >= 0.6 is 11.8 Å². The van der Waals surface area contributed by atoms with Gasteiger partial charge in [0.25, 0.3) is 0 Å². The number of aromatic nitrogens is 2. The highest BCUT2D eigenvalue weighted by Gasteiger charge is 2.39. The molecule has 0 aliphatic heterocycles. The highest BCUT2D eigenvalue weighted by atomic mass is 32.2. The first kappa shape index (κ1) is 20.2. The van der Waals surface area contributed by atoms with Gasteiger partial charge < -0.3 is 5.32 Å². The number of carbonyl (C=O) groups is 1. The number of halogens is 4. The monoisotopic (exact) mass is 411 g/mol. The van der Waals surface area contributed by atoms with Gasteiger partial charge in [-0.3, -0.25) is 4.79 Å². The van der Waals surface area contributed by atoms with Crippen molar-refractivity contribution in [3.8, 4) is 5.69 Å². The van der Waals surface area contributed by atoms with Gasteiger partial charge in [-0.15, -0.1) is 11.8 Å². The minimum absolute atomic E-state index is 0.282. The fourth-order valence-electron chi connectivity index (χ4n) is 2.60. The molecule has 0 saturated carbocycles. The first-order valence-electron chi connectivity index (χ1n) is 8.43. The number of amides is 1. The summed E-state index contributed by atoms with van der Waals surface area (Å²) in [5.41, 5.74) is 1.54. The molecule has 0 aliphatic rings. The second-order valence-corrected chi connectivity index (χ2v) is 7.79. The third-order valence-corrected chi connectivity index (χ3v) is 5.56. The second kappa shape index (κ2) is 7.83. The van der Waals surface area contributed by atoms with E-state index in [4.69, 9.17) is 0 Å². The van der Waals surface area contributed by atoms with Crippen LogP contribution in [0, 0.1) is 5.82 Å². The van der Waals surface area contributed by atoms with Crippen LogP contribution in [-0.4, -0.2) is 33.2 Å². The lowest BCUT2D eigenvalue weighted by Gasteiger charge is -2.21. The molecule has 3 aromatic rings. The number of hydrogen-bond donors (Lipinski definition) is 1. The minimum atomic E-state index is -4.90. The van der Waals surface area contributed by atoms with Gasteiger partial charge in [-0.2, -0.15) is 18.3 Å². The van der Waals surface area contributed by atoms with E-state index in [1.807, 2.05) is 23.5 Å². The zero-order chi connectivity index (χ0) is 20.5. The van der Waals surface area contributed by atoms with E-state index >= 15 is 0 Å². The Kier molecular flexibility index (Phi) is 5.64. The summed E-state index contributed by atoms with van der Waals surface area (Å²) in [4.78, 5) is 11.9. The molecule has 0 aliphatic carbocycles. The number of fused-ring (bicyclic) bond motifs is 1. The standard InChI is InChI=1S/C19H17F4N3OS/c1-11(25-18(27)19(21,22)23)12(2)28-16-7-8-17-13(9-16)10-24-26(17)15-5-3-14(20)4-6-15/h3-12H,1-2H3,(H,25,27)/t11-,12+/m0/s1. The summed E-state index contributed by atoms with van der Waals surface area (Å²) >= 11 is 1.36. The maximum atomic E-state index is 13.1. The second-order valence-electron chi connectivity index (χ2n) is 6.34. The quantitative estimate of drug-likeness (QED) is 0.489. The largest absolute Gasteiger partial charge is 0.471 e. The molecule has 3 rings (SSSR count). The van der Waals surface area contributed by atoms with Crippen molar-refractivity contribution in [1.29, 1.82) is 0 Å². The molecule has 1 amide bonds. The van der Waals surface area contributed by atoms with Crippen LogP contribution in [0.2, 0.25) is 0 Å². The summed E-state index contributed by atoms with van der Waals surface area (Å²) in [7, 11) is 0. The molecule has 0 bridgehead atoms. The van der Waals surface area contributed by atoms with E-state index < -0.39 is 18.1 Å². The van der Waals surface area contributed by atoms with E-state index in [0.29, 0.717) is 5.69 Å². The van der Waals surface area contributed by atoms with Crippen molar-refractivity contribution in [1.82, 2.24) is 15.1 Å². The van der Waals surface area contributed by atoms with Crippen molar-refractivity contribution in [3.05, 3.63) is 54.5 Å². The molecule has 9 heteroatoms. The van der Waals surface area contributed by atoms with Crippen LogP contribution in [0.4, 0.5) is 17.6 Å². The first-order chi connectivity index (χ1) is 13.1. The van der Waals surface area contributed by atoms with E-state index in [9.17, 15) is 22.4 Å². The van der Waals surface area contributed by atoms with Crippen LogP contribution in [0.3, 0.4) is 0 Å². The van der Waals surface area contributed by atoms with Crippen molar-refractivity contribution in [3.63, 3.8) is 0 Å². The van der Waals surface area contributed by atoms with Gasteiger partial charge in [-0.1, -0.05) is 6.92 Å². The van der Waals surface area contributed by atoms with E-state index in [0.717, 1.165) is 15.8 Å². The molecule has 1 aromatic heterocycles. The summed E-state index contributed by atoms with van der Waals surface area (Å²) in [5, 5.41) is 6.85. The third-order valence-electron chi connectivity index (χ3n) is 4.25. The average Bonchev–Trinajstić information content (AvgIpc) is 3.04. The Bertz CT molecular complexity index is 985. The van der Waals surface area contributed by atoms with Crippen molar-refractivity contribution in [2.24, 2.45) is 0 Å². The predicted octanol–water partition coefficient (Wildman–Crippen LogP) is 4.71. The van der Waals surface area contributed by atoms with Crippen LogP contribution in [-0.2, 0) is 4.79 Å². The van der Waals surface area contributed by atoms with Gasteiger partial charge in [0.2, 0.25) is 0 Å². The van der Waals surface area contributed by atoms with Gasteiger partial charge in [-0.05, 0) is 49.4 Å². The Balaban J connectivity index is 1.74. The van der Waals surface area contributed by atoms with Gasteiger partial charge in [0.05, 0.1) is 17.4 Å². The molecule has 0 spiro atoms. The van der Waals surface area contributed by atoms with Crippen molar-refractivity contribution < 1.29 is 22.4 Å². The lowest BCUT2D eigenvalue weighted by atomic mass is 10.2. The summed E-state index contributed by atoms with van der Waals surface area (Å²) in [6.07, 6.45) is -3.23. The third kappa shape index (κ3) is 4.46. The lowest BCUT2D eigenvalue weighted by molar-refractivity contribution is -0.174. The molecule has 4 nitrogen and oxygen atoms in total. The zero-order valence-corrected chi connectivity index (χ0v) is 15.8. The van der Waals surface area contributed by atoms with Gasteiger partial charge in [0.1, 0.15) is 5.82 Å². The molecule has 1 heterocycles. The maximum absolute atomic E-state index is 13.1. The molecule has 1 N–H and O–H groups in total. The smallest absolute Gasteiger partial charge is 0.345 e. The van der Waals surface area contributed by atoms with Gasteiger partial charge >= 0.3 is 12.1 Å². The number of nitrogens with one attached hydrogen (secondary N) is 1. The molecule has 0 fully saturated rings. The molecular weight excluding hydrogens is 394 g/mol. The average molecular weight is 411 g/mol. The van der Waals surface area contributed by atoms with Crippen LogP contribution < -0.4 is 5.32 Å². The zero-order valence-electron chi connectivity index (χ0n) is 15.0. The molecule has 0 radical (unpaired) electrons. The fraction of sp³-hybridized carbons (Fsp3) is 0.263. The lowest BCUT2D eigenvalue weighted by Crippen LogP contribution is -2.45. The Hall–Kier alpha value is -2.55. The minimum Gasteiger partial charge on any atom is -0.345 e. The Morgan fingerprint density at radius 3 is 2.46 bits per heavy atom. The van der Waals surface area contributed by atoms with Gasteiger partial charge in [0.15, 0.2) is 0 Å². The van der Waals surface area contributed by atoms with Crippen LogP contribution in [0.1, 0.15) is 13.8 Å². The number of carbonyl (C=O) groups excluding carboxylic acids is 1. The normalized spacial score (nSPS) is 14.1. The number of alkyl halides is 3. The summed E-state index contributed by atoms with van der Waals surface area (Å²) in [5.74, 6) is -2.27. The molecule has 0 saturated heterocycles. The van der Waals surface area contributed by atoms with Crippen LogP contribution in [0.25, 0.3) is 16.6 Å². The number of nitrogens with zero attached hydrogens (tertiary/aromatic N) is 2. The Labute approximate surface area is 162 Å². The summed E-state index contributed by atoms with van der Waals surface area (Å²) in [6, 6.07) is 10.8. The van der Waals surface area contributed by atoms with Crippen molar-refractivity contribution >= 4 is 28.6 Å². The van der Waals surface area contributed by atoms with Gasteiger partial charge in [-0.25, -0.2) is 9.07 Å². The SMILES string of the molecule is C[C@H](NC(=O)C(F)(F)F)[C@@H](C)Sc1ccc2c(cnn2-c2ccc(F)cc2)c1. The van der Waals surface area contributed by atoms with E-state index in [2.05, 4.69) is 5.10 Å². The fourth-order valence-corrected chi connectivity index (χ4v) is 3.64. The summed E-state index contributed by atoms with van der Waals surface area (Å²) < 4.78 is 52.0. The molecular formula is C19H17F4N3OS. The Morgan fingerprint density at radius 1 is 1.14 bits per heavy atom. The molecule has 2 aromatic carbocycles.